The fourth-order valence-electron chi connectivity index (χ4n) is 3.49. The molecular formula is C20H10N2O9. The highest BCUT2D eigenvalue weighted by Gasteiger charge is 2.33. The number of carboxylic acid groups (broad SMARTS) is 1. The lowest BCUT2D eigenvalue weighted by Crippen LogP contribution is -2.10. The Morgan fingerprint density at radius 2 is 1.58 bits per heavy atom. The van der Waals surface area contributed by atoms with Gasteiger partial charge in [0, 0.05) is 16.5 Å². The molecule has 1 aliphatic carbocycles. The van der Waals surface area contributed by atoms with Gasteiger partial charge in [-0.1, -0.05) is 18.2 Å². The van der Waals surface area contributed by atoms with Gasteiger partial charge < -0.3 is 14.6 Å². The van der Waals surface area contributed by atoms with Crippen LogP contribution < -0.4 is 5.43 Å². The number of phenols is 1. The topological polar surface area (TPSA) is 174 Å². The Hall–Kier alpha value is -4.80. The van der Waals surface area contributed by atoms with Crippen molar-refractivity contribution < 1.29 is 29.3 Å². The molecule has 0 aromatic heterocycles. The van der Waals surface area contributed by atoms with Crippen molar-refractivity contribution in [2.45, 2.75) is 0 Å². The number of rotatable bonds is 4. The summed E-state index contributed by atoms with van der Waals surface area (Å²) in [5, 5.41) is 42.8. The smallest absolute Gasteiger partial charge is 0.358 e. The van der Waals surface area contributed by atoms with E-state index in [4.69, 9.17) is 4.42 Å². The predicted molar refractivity (Wildman–Crippen MR) is 106 cm³/mol. The molecule has 2 aliphatic rings. The first-order chi connectivity index (χ1) is 14.7. The lowest BCUT2D eigenvalue weighted by molar-refractivity contribution is -0.386. The predicted octanol–water partition coefficient (Wildman–Crippen LogP) is 3.79. The van der Waals surface area contributed by atoms with E-state index in [-0.39, 0.29) is 27.6 Å². The molecule has 154 valence electrons. The highest BCUT2D eigenvalue weighted by atomic mass is 16.6. The van der Waals surface area contributed by atoms with Crippen molar-refractivity contribution in [3.8, 4) is 28.2 Å². The number of nitrogens with zero attached hydrogens (tertiary/aromatic N) is 2. The van der Waals surface area contributed by atoms with Gasteiger partial charge in [0.1, 0.15) is 0 Å². The summed E-state index contributed by atoms with van der Waals surface area (Å²) in [5.41, 5.74) is -3.39. The maximum atomic E-state index is 12.1. The number of carbonyl (C=O) groups is 1. The molecule has 0 atom stereocenters. The third kappa shape index (κ3) is 2.92. The average molecular weight is 422 g/mol. The number of hydrogen-bond acceptors (Lipinski definition) is 8. The summed E-state index contributed by atoms with van der Waals surface area (Å²) in [6, 6.07) is 10.2. The summed E-state index contributed by atoms with van der Waals surface area (Å²) in [7, 11) is 0. The third-order valence-electron chi connectivity index (χ3n) is 4.74. The number of hydrogen-bond donors (Lipinski definition) is 2. The molecule has 1 heterocycles. The van der Waals surface area contributed by atoms with Crippen LogP contribution in [0.25, 0.3) is 33.4 Å². The van der Waals surface area contributed by atoms with Crippen LogP contribution in [0, 0.1) is 20.2 Å². The van der Waals surface area contributed by atoms with Crippen molar-refractivity contribution in [1.82, 2.24) is 0 Å². The van der Waals surface area contributed by atoms with Crippen LogP contribution in [0.5, 0.6) is 5.75 Å². The number of nitro groups is 2. The first kappa shape index (κ1) is 19.5. The molecular weight excluding hydrogens is 412 g/mol. The van der Waals surface area contributed by atoms with E-state index in [1.54, 1.807) is 0 Å². The molecule has 11 heteroatoms. The van der Waals surface area contributed by atoms with Gasteiger partial charge in [-0.05, 0) is 35.9 Å². The maximum Gasteiger partial charge on any atom is 0.358 e. The molecule has 2 aromatic rings. The van der Waals surface area contributed by atoms with Crippen molar-refractivity contribution in [2.24, 2.45) is 0 Å². The quantitative estimate of drug-likeness (QED) is 0.282. The van der Waals surface area contributed by atoms with Crippen LogP contribution >= 0.6 is 0 Å². The SMILES string of the molecule is O=C(O)c1ccccc1-c1c2ccc(=O)c([N+](=O)[O-])c-2oc2c([N+](=O)[O-])c(O)ccc12. The Morgan fingerprint density at radius 3 is 2.23 bits per heavy atom. The highest BCUT2D eigenvalue weighted by molar-refractivity contribution is 6.10. The van der Waals surface area contributed by atoms with Gasteiger partial charge in [-0.2, -0.15) is 0 Å². The Labute approximate surface area is 171 Å². The van der Waals surface area contributed by atoms with Crippen molar-refractivity contribution in [2.75, 3.05) is 0 Å². The summed E-state index contributed by atoms with van der Waals surface area (Å²) in [6.45, 7) is 0. The van der Waals surface area contributed by atoms with Gasteiger partial charge in [0.15, 0.2) is 5.75 Å². The molecule has 11 nitrogen and oxygen atoms in total. The molecule has 0 amide bonds. The minimum Gasteiger partial charge on any atom is -0.502 e. The van der Waals surface area contributed by atoms with Crippen LogP contribution in [0.4, 0.5) is 11.4 Å². The molecule has 0 saturated heterocycles. The summed E-state index contributed by atoms with van der Waals surface area (Å²) >= 11 is 0. The average Bonchev–Trinajstić information content (AvgIpc) is 2.71. The molecule has 0 saturated carbocycles. The molecule has 2 aromatic carbocycles. The van der Waals surface area contributed by atoms with E-state index in [9.17, 15) is 40.0 Å². The standard InChI is InChI=1S/C20H10N2O9/c23-13-7-5-11-15(9-3-1-2-4-10(9)20(25)26)12-6-8-14(24)17(22(29)30)19(12)31-18(11)16(13)21(27)28/h1-8,23H,(H,25,26). The van der Waals surface area contributed by atoms with Crippen LogP contribution in [0.3, 0.4) is 0 Å². The Morgan fingerprint density at radius 1 is 0.903 bits per heavy atom. The fourth-order valence-corrected chi connectivity index (χ4v) is 3.49. The molecule has 4 rings (SSSR count). The maximum absolute atomic E-state index is 12.1. The Kier molecular flexibility index (Phi) is 4.35. The minimum atomic E-state index is -1.30. The second-order valence-corrected chi connectivity index (χ2v) is 6.44. The van der Waals surface area contributed by atoms with Crippen molar-refractivity contribution in [1.29, 1.82) is 0 Å². The Bertz CT molecular complexity index is 1460. The molecule has 1 aliphatic heterocycles. The number of nitro benzene ring substituents is 2. The van der Waals surface area contributed by atoms with Gasteiger partial charge in [0.25, 0.3) is 5.43 Å². The van der Waals surface area contributed by atoms with Gasteiger partial charge in [-0.3, -0.25) is 25.0 Å². The lowest BCUT2D eigenvalue weighted by atomic mass is 9.90. The second-order valence-electron chi connectivity index (χ2n) is 6.44. The number of fused-ring (bicyclic) bond motifs is 2. The van der Waals surface area contributed by atoms with Crippen molar-refractivity contribution in [3.05, 3.63) is 84.5 Å². The van der Waals surface area contributed by atoms with Gasteiger partial charge in [-0.25, -0.2) is 4.79 Å². The molecule has 0 spiro atoms. The molecule has 0 unspecified atom stereocenters. The second kappa shape index (κ2) is 6.91. The van der Waals surface area contributed by atoms with E-state index >= 15 is 0 Å². The van der Waals surface area contributed by atoms with E-state index in [1.807, 2.05) is 0 Å². The fraction of sp³-hybridized carbons (Fsp3) is 0. The van der Waals surface area contributed by atoms with Crippen LogP contribution in [0.15, 0.2) is 57.7 Å². The zero-order valence-electron chi connectivity index (χ0n) is 15.3. The molecule has 31 heavy (non-hydrogen) atoms. The summed E-state index contributed by atoms with van der Waals surface area (Å²) < 4.78 is 5.46. The number of carboxylic acids is 1. The van der Waals surface area contributed by atoms with Crippen molar-refractivity contribution >= 4 is 28.3 Å². The number of benzene rings is 3. The molecule has 0 radical (unpaired) electrons. The van der Waals surface area contributed by atoms with Gasteiger partial charge >= 0.3 is 17.3 Å². The minimum absolute atomic E-state index is 0.00693. The summed E-state index contributed by atoms with van der Waals surface area (Å²) in [5.74, 6) is -2.64. The first-order valence-electron chi connectivity index (χ1n) is 8.59. The van der Waals surface area contributed by atoms with E-state index in [1.165, 1.54) is 36.4 Å². The largest absolute Gasteiger partial charge is 0.502 e. The number of phenolic OH excluding ortho intramolecular Hbond substituents is 1. The Balaban J connectivity index is 2.34. The lowest BCUT2D eigenvalue weighted by Gasteiger charge is -2.16. The van der Waals surface area contributed by atoms with Gasteiger partial charge in [-0.15, -0.1) is 0 Å². The third-order valence-corrected chi connectivity index (χ3v) is 4.74. The zero-order chi connectivity index (χ0) is 22.4. The van der Waals surface area contributed by atoms with Crippen LogP contribution in [0.2, 0.25) is 0 Å². The van der Waals surface area contributed by atoms with E-state index in [0.29, 0.717) is 0 Å². The zero-order valence-corrected chi connectivity index (χ0v) is 15.3. The normalized spacial score (nSPS) is 11.0. The van der Waals surface area contributed by atoms with Gasteiger partial charge in [0.05, 0.1) is 15.4 Å². The van der Waals surface area contributed by atoms with Crippen molar-refractivity contribution in [3.63, 3.8) is 0 Å². The van der Waals surface area contributed by atoms with Crippen LogP contribution in [-0.2, 0) is 0 Å². The first-order valence-corrected chi connectivity index (χ1v) is 8.59. The summed E-state index contributed by atoms with van der Waals surface area (Å²) in [4.78, 5) is 45.1. The molecule has 0 bridgehead atoms. The highest BCUT2D eigenvalue weighted by Crippen LogP contribution is 2.47. The van der Waals surface area contributed by atoms with E-state index in [0.717, 1.165) is 12.1 Å². The molecule has 0 fully saturated rings. The number of aromatic carboxylic acids is 1. The number of aromatic hydroxyl groups is 1. The van der Waals surface area contributed by atoms with Crippen LogP contribution in [-0.4, -0.2) is 26.0 Å². The summed E-state index contributed by atoms with van der Waals surface area (Å²) in [6.07, 6.45) is 0. The molecule has 2 N–H and O–H groups in total. The van der Waals surface area contributed by atoms with E-state index < -0.39 is 49.7 Å². The van der Waals surface area contributed by atoms with Gasteiger partial charge in [0.2, 0.25) is 11.3 Å². The van der Waals surface area contributed by atoms with Crippen LogP contribution in [0.1, 0.15) is 10.4 Å². The monoisotopic (exact) mass is 422 g/mol. The van der Waals surface area contributed by atoms with E-state index in [2.05, 4.69) is 0 Å².